The number of rotatable bonds is 3. The van der Waals surface area contributed by atoms with Crippen LogP contribution in [0.1, 0.15) is 51.1 Å². The maximum absolute atomic E-state index is 13.3. The van der Waals surface area contributed by atoms with E-state index in [0.717, 1.165) is 37.1 Å². The molecule has 1 unspecified atom stereocenters. The van der Waals surface area contributed by atoms with Crippen LogP contribution in [0.3, 0.4) is 0 Å². The highest BCUT2D eigenvalue weighted by Gasteiger charge is 2.35. The van der Waals surface area contributed by atoms with Crippen molar-refractivity contribution >= 4 is 5.78 Å². The number of hydrogen-bond donors (Lipinski definition) is 1. The van der Waals surface area contributed by atoms with Gasteiger partial charge in [-0.1, -0.05) is 18.6 Å². The molecule has 0 bridgehead atoms. The summed E-state index contributed by atoms with van der Waals surface area (Å²) in [4.78, 5) is 15.1. The van der Waals surface area contributed by atoms with Crippen molar-refractivity contribution < 1.29 is 9.18 Å². The Morgan fingerprint density at radius 3 is 2.39 bits per heavy atom. The molecule has 3 nitrogen and oxygen atoms in total. The van der Waals surface area contributed by atoms with Gasteiger partial charge in [0, 0.05) is 23.7 Å². The Morgan fingerprint density at radius 1 is 1.13 bits per heavy atom. The van der Waals surface area contributed by atoms with Crippen molar-refractivity contribution in [3.63, 3.8) is 0 Å². The minimum atomic E-state index is -0.241. The molecular weight excluding hydrogens is 291 g/mol. The summed E-state index contributed by atoms with van der Waals surface area (Å²) in [6.45, 7) is 6.03. The number of carbonyl (C=O) groups is 1. The van der Waals surface area contributed by atoms with Crippen LogP contribution in [0.4, 0.5) is 4.39 Å². The molecule has 1 atom stereocenters. The van der Waals surface area contributed by atoms with E-state index in [4.69, 9.17) is 0 Å². The molecule has 2 heterocycles. The second-order valence-corrected chi connectivity index (χ2v) is 7.28. The maximum Gasteiger partial charge on any atom is 0.164 e. The van der Waals surface area contributed by atoms with Crippen LogP contribution in [0.15, 0.2) is 36.0 Å². The van der Waals surface area contributed by atoms with E-state index in [-0.39, 0.29) is 23.2 Å². The maximum atomic E-state index is 13.3. The van der Waals surface area contributed by atoms with Crippen LogP contribution in [0.5, 0.6) is 0 Å². The first kappa shape index (κ1) is 16.2. The van der Waals surface area contributed by atoms with E-state index < -0.39 is 0 Å². The Labute approximate surface area is 137 Å². The van der Waals surface area contributed by atoms with Crippen LogP contribution < -0.4 is 5.32 Å². The highest BCUT2D eigenvalue weighted by Crippen LogP contribution is 2.34. The highest BCUT2D eigenvalue weighted by atomic mass is 19.1. The largest absolute Gasteiger partial charge is 0.385 e. The van der Waals surface area contributed by atoms with Gasteiger partial charge in [0.15, 0.2) is 5.78 Å². The summed E-state index contributed by atoms with van der Waals surface area (Å²) in [5.41, 5.74) is 1.60. The quantitative estimate of drug-likeness (QED) is 0.925. The molecule has 0 spiro atoms. The molecule has 124 valence electrons. The van der Waals surface area contributed by atoms with Crippen molar-refractivity contribution in [1.29, 1.82) is 0 Å². The number of nitrogens with one attached hydrogen (secondary N) is 1. The Morgan fingerprint density at radius 2 is 1.78 bits per heavy atom. The number of hydrogen-bond acceptors (Lipinski definition) is 3. The van der Waals surface area contributed by atoms with Crippen molar-refractivity contribution in [3.8, 4) is 0 Å². The van der Waals surface area contributed by atoms with E-state index in [2.05, 4.69) is 10.2 Å². The van der Waals surface area contributed by atoms with Crippen molar-refractivity contribution in [2.45, 2.75) is 51.1 Å². The van der Waals surface area contributed by atoms with Gasteiger partial charge in [0.2, 0.25) is 0 Å². The fourth-order valence-electron chi connectivity index (χ4n) is 3.55. The third kappa shape index (κ3) is 3.63. The second kappa shape index (κ2) is 6.44. The van der Waals surface area contributed by atoms with E-state index in [1.165, 1.54) is 18.6 Å². The zero-order valence-corrected chi connectivity index (χ0v) is 13.9. The van der Waals surface area contributed by atoms with Gasteiger partial charge in [-0.15, -0.1) is 0 Å². The molecule has 0 saturated carbocycles. The Kier molecular flexibility index (Phi) is 4.53. The Bertz CT molecular complexity index is 600. The standard InChI is InChI=1S/C19H25FN2O/c1-19(2)12-17(23)16(13-21-19)18(22-10-4-3-5-11-22)14-6-8-15(20)9-7-14/h6-9,13,18,21H,3-5,10-12H2,1-2H3. The van der Waals surface area contributed by atoms with Crippen LogP contribution in [0.2, 0.25) is 0 Å². The normalized spacial score (nSPS) is 23.1. The van der Waals surface area contributed by atoms with Crippen molar-refractivity contribution in [2.75, 3.05) is 13.1 Å². The van der Waals surface area contributed by atoms with Gasteiger partial charge >= 0.3 is 0 Å². The van der Waals surface area contributed by atoms with Gasteiger partial charge < -0.3 is 5.32 Å². The molecule has 0 aliphatic carbocycles. The number of benzene rings is 1. The first-order chi connectivity index (χ1) is 11.0. The lowest BCUT2D eigenvalue weighted by molar-refractivity contribution is -0.118. The predicted molar refractivity (Wildman–Crippen MR) is 89.5 cm³/mol. The van der Waals surface area contributed by atoms with Crippen molar-refractivity contribution in [3.05, 3.63) is 47.4 Å². The van der Waals surface area contributed by atoms with E-state index >= 15 is 0 Å². The molecule has 1 aromatic rings. The summed E-state index contributed by atoms with van der Waals surface area (Å²) >= 11 is 0. The molecule has 0 aromatic heterocycles. The van der Waals surface area contributed by atoms with Crippen LogP contribution >= 0.6 is 0 Å². The number of ketones is 1. The smallest absolute Gasteiger partial charge is 0.164 e. The van der Waals surface area contributed by atoms with E-state index in [9.17, 15) is 9.18 Å². The molecule has 4 heteroatoms. The van der Waals surface area contributed by atoms with Crippen LogP contribution in [0.25, 0.3) is 0 Å². The summed E-state index contributed by atoms with van der Waals surface area (Å²) in [7, 11) is 0. The number of halogens is 1. The monoisotopic (exact) mass is 316 g/mol. The molecule has 0 radical (unpaired) electrons. The summed E-state index contributed by atoms with van der Waals surface area (Å²) in [5, 5.41) is 3.36. The van der Waals surface area contributed by atoms with Gasteiger partial charge in [-0.05, 0) is 57.5 Å². The zero-order valence-electron chi connectivity index (χ0n) is 13.9. The molecular formula is C19H25FN2O. The summed E-state index contributed by atoms with van der Waals surface area (Å²) < 4.78 is 13.3. The first-order valence-corrected chi connectivity index (χ1v) is 8.47. The summed E-state index contributed by atoms with van der Waals surface area (Å²) in [6, 6.07) is 6.51. The third-order valence-electron chi connectivity index (χ3n) is 4.78. The minimum absolute atomic E-state index is 0.0769. The SMILES string of the molecule is CC1(C)CC(=O)C(C(c2ccc(F)cc2)N2CCCCC2)=CN1. The van der Waals surface area contributed by atoms with Gasteiger partial charge in [-0.3, -0.25) is 9.69 Å². The number of likely N-dealkylation sites (tertiary alicyclic amines) is 1. The molecule has 2 aliphatic rings. The molecule has 1 aromatic carbocycles. The van der Waals surface area contributed by atoms with Gasteiger partial charge in [-0.25, -0.2) is 4.39 Å². The number of carbonyl (C=O) groups excluding carboxylic acids is 1. The van der Waals surface area contributed by atoms with Crippen LogP contribution in [-0.2, 0) is 4.79 Å². The average Bonchev–Trinajstić information content (AvgIpc) is 2.52. The first-order valence-electron chi connectivity index (χ1n) is 8.47. The fraction of sp³-hybridized carbons (Fsp3) is 0.526. The number of piperidine rings is 1. The highest BCUT2D eigenvalue weighted by molar-refractivity contribution is 5.98. The van der Waals surface area contributed by atoms with E-state index in [1.807, 2.05) is 32.2 Å². The molecule has 23 heavy (non-hydrogen) atoms. The Hall–Kier alpha value is -1.68. The molecule has 2 aliphatic heterocycles. The molecule has 1 fully saturated rings. The Balaban J connectivity index is 1.96. The molecule has 1 N–H and O–H groups in total. The predicted octanol–water partition coefficient (Wildman–Crippen LogP) is 3.58. The second-order valence-electron chi connectivity index (χ2n) is 7.28. The summed E-state index contributed by atoms with van der Waals surface area (Å²) in [6.07, 6.45) is 5.92. The van der Waals surface area contributed by atoms with Gasteiger partial charge in [0.1, 0.15) is 5.82 Å². The topological polar surface area (TPSA) is 32.3 Å². The average molecular weight is 316 g/mol. The lowest BCUT2D eigenvalue weighted by atomic mass is 9.85. The van der Waals surface area contributed by atoms with E-state index in [0.29, 0.717) is 6.42 Å². The van der Waals surface area contributed by atoms with Gasteiger partial charge in [-0.2, -0.15) is 0 Å². The van der Waals surface area contributed by atoms with Crippen molar-refractivity contribution in [1.82, 2.24) is 10.2 Å². The van der Waals surface area contributed by atoms with Gasteiger partial charge in [0.25, 0.3) is 0 Å². The van der Waals surface area contributed by atoms with Crippen LogP contribution in [0, 0.1) is 5.82 Å². The molecule has 3 rings (SSSR count). The molecule has 0 amide bonds. The summed E-state index contributed by atoms with van der Waals surface area (Å²) in [5.74, 6) is -0.0528. The third-order valence-corrected chi connectivity index (χ3v) is 4.78. The van der Waals surface area contributed by atoms with E-state index in [1.54, 1.807) is 0 Å². The van der Waals surface area contributed by atoms with Gasteiger partial charge in [0.05, 0.1) is 6.04 Å². The zero-order chi connectivity index (χ0) is 16.4. The lowest BCUT2D eigenvalue weighted by Gasteiger charge is -2.39. The number of Topliss-reactive ketones (excluding diaryl/α,β-unsaturated/α-hetero) is 1. The van der Waals surface area contributed by atoms with Crippen LogP contribution in [-0.4, -0.2) is 29.3 Å². The fourth-order valence-corrected chi connectivity index (χ4v) is 3.55. The lowest BCUT2D eigenvalue weighted by Crippen LogP contribution is -2.45. The minimum Gasteiger partial charge on any atom is -0.385 e. The van der Waals surface area contributed by atoms with Crippen molar-refractivity contribution in [2.24, 2.45) is 0 Å². The molecule has 1 saturated heterocycles. The number of nitrogens with zero attached hydrogens (tertiary/aromatic N) is 1.